The van der Waals surface area contributed by atoms with E-state index in [0.717, 1.165) is 65.5 Å². The Labute approximate surface area is 141 Å². The molecule has 2 aliphatic heterocycles. The Morgan fingerprint density at radius 3 is 2.79 bits per heavy atom. The second-order valence-electron chi connectivity index (χ2n) is 6.19. The third-order valence-corrected chi connectivity index (χ3v) is 5.86. The van der Waals surface area contributed by atoms with E-state index in [4.69, 9.17) is 4.99 Å². The predicted octanol–water partition coefficient (Wildman–Crippen LogP) is 5.84. The standard InChI is InChI=1S/C18H15F4NS/c19-13-6-5-10(9-12(13)18(20,21)22)16-11-3-1-2-4-14(11)23-15-7-8-24-17(15)16/h3,5-6,9,16H,1-2,4,7-8H2. The lowest BCUT2D eigenvalue weighted by Gasteiger charge is -2.30. The molecular formula is C18H15F4NS. The van der Waals surface area contributed by atoms with Gasteiger partial charge in [-0.15, -0.1) is 11.8 Å². The molecule has 0 aromatic heterocycles. The van der Waals surface area contributed by atoms with Crippen LogP contribution in [0.3, 0.4) is 0 Å². The highest BCUT2D eigenvalue weighted by molar-refractivity contribution is 8.03. The lowest BCUT2D eigenvalue weighted by molar-refractivity contribution is -0.140. The monoisotopic (exact) mass is 353 g/mol. The molecule has 4 rings (SSSR count). The smallest absolute Gasteiger partial charge is 0.257 e. The van der Waals surface area contributed by atoms with Crippen molar-refractivity contribution in [3.63, 3.8) is 0 Å². The van der Waals surface area contributed by atoms with E-state index in [2.05, 4.69) is 6.08 Å². The lowest BCUT2D eigenvalue weighted by Crippen LogP contribution is -2.20. The molecule has 1 aromatic rings. The van der Waals surface area contributed by atoms with E-state index in [-0.39, 0.29) is 5.92 Å². The number of hydrogen-bond acceptors (Lipinski definition) is 2. The van der Waals surface area contributed by atoms with Crippen LogP contribution in [0.4, 0.5) is 17.6 Å². The molecule has 6 heteroatoms. The molecule has 0 radical (unpaired) electrons. The minimum absolute atomic E-state index is 0.234. The molecule has 0 N–H and O–H groups in total. The number of hydrogen-bond donors (Lipinski definition) is 0. The molecule has 24 heavy (non-hydrogen) atoms. The summed E-state index contributed by atoms with van der Waals surface area (Å²) in [6.07, 6.45) is 1.03. The number of halogens is 4. The summed E-state index contributed by atoms with van der Waals surface area (Å²) in [7, 11) is 0. The molecule has 2 heterocycles. The van der Waals surface area contributed by atoms with Gasteiger partial charge in [0.2, 0.25) is 0 Å². The molecule has 3 aliphatic rings. The van der Waals surface area contributed by atoms with Crippen LogP contribution in [0.15, 0.2) is 45.4 Å². The van der Waals surface area contributed by atoms with Crippen LogP contribution >= 0.6 is 11.8 Å². The zero-order valence-corrected chi connectivity index (χ0v) is 13.6. The van der Waals surface area contributed by atoms with Crippen LogP contribution in [0.1, 0.15) is 42.7 Å². The van der Waals surface area contributed by atoms with E-state index in [9.17, 15) is 17.6 Å². The molecule has 0 spiro atoms. The number of nitrogens with zero attached hydrogens (tertiary/aromatic N) is 1. The molecule has 1 aromatic carbocycles. The van der Waals surface area contributed by atoms with E-state index in [1.807, 2.05) is 0 Å². The maximum Gasteiger partial charge on any atom is 0.419 e. The Hall–Kier alpha value is -1.56. The van der Waals surface area contributed by atoms with Crippen LogP contribution in [0.5, 0.6) is 0 Å². The quantitative estimate of drug-likeness (QED) is 0.578. The molecule has 0 amide bonds. The first-order valence-corrected chi connectivity index (χ1v) is 8.94. The van der Waals surface area contributed by atoms with Crippen molar-refractivity contribution in [1.82, 2.24) is 0 Å². The Balaban J connectivity index is 1.86. The second kappa shape index (κ2) is 5.76. The zero-order chi connectivity index (χ0) is 16.9. The Kier molecular flexibility index (Phi) is 3.82. The van der Waals surface area contributed by atoms with Crippen molar-refractivity contribution in [3.05, 3.63) is 57.4 Å². The molecular weight excluding hydrogens is 338 g/mol. The van der Waals surface area contributed by atoms with Crippen molar-refractivity contribution in [2.75, 3.05) is 5.75 Å². The first-order valence-electron chi connectivity index (χ1n) is 7.95. The number of fused-ring (bicyclic) bond motifs is 1. The van der Waals surface area contributed by atoms with E-state index in [1.165, 1.54) is 6.07 Å². The molecule has 126 valence electrons. The van der Waals surface area contributed by atoms with Crippen LogP contribution in [0, 0.1) is 5.82 Å². The summed E-state index contributed by atoms with van der Waals surface area (Å²) < 4.78 is 53.0. The maximum absolute atomic E-state index is 13.7. The average Bonchev–Trinajstić information content (AvgIpc) is 3.00. The van der Waals surface area contributed by atoms with Crippen molar-refractivity contribution in [2.24, 2.45) is 4.99 Å². The summed E-state index contributed by atoms with van der Waals surface area (Å²) in [6.45, 7) is 0. The zero-order valence-electron chi connectivity index (χ0n) is 12.8. The van der Waals surface area contributed by atoms with E-state index < -0.39 is 17.6 Å². The average molecular weight is 353 g/mol. The molecule has 0 saturated heterocycles. The fourth-order valence-electron chi connectivity index (χ4n) is 3.59. The Bertz CT molecular complexity index is 789. The number of aliphatic imine (C=N–C) groups is 1. The van der Waals surface area contributed by atoms with Crippen molar-refractivity contribution in [3.8, 4) is 0 Å². The van der Waals surface area contributed by atoms with Gasteiger partial charge in [0.1, 0.15) is 5.82 Å². The normalized spacial score (nSPS) is 23.6. The van der Waals surface area contributed by atoms with Gasteiger partial charge in [0.25, 0.3) is 0 Å². The molecule has 1 nitrogen and oxygen atoms in total. The van der Waals surface area contributed by atoms with Crippen molar-refractivity contribution >= 4 is 17.5 Å². The molecule has 1 unspecified atom stereocenters. The Morgan fingerprint density at radius 2 is 2.00 bits per heavy atom. The Morgan fingerprint density at radius 1 is 1.17 bits per heavy atom. The minimum Gasteiger partial charge on any atom is -0.257 e. The van der Waals surface area contributed by atoms with Gasteiger partial charge in [-0.3, -0.25) is 4.99 Å². The summed E-state index contributed by atoms with van der Waals surface area (Å²) in [5.41, 5.74) is 2.31. The van der Waals surface area contributed by atoms with E-state index >= 15 is 0 Å². The van der Waals surface area contributed by atoms with Crippen LogP contribution in [-0.2, 0) is 6.18 Å². The lowest BCUT2D eigenvalue weighted by atomic mass is 9.80. The summed E-state index contributed by atoms with van der Waals surface area (Å²) >= 11 is 1.66. The van der Waals surface area contributed by atoms with Gasteiger partial charge in [-0.25, -0.2) is 4.39 Å². The van der Waals surface area contributed by atoms with Crippen molar-refractivity contribution in [2.45, 2.75) is 37.8 Å². The number of alkyl halides is 3. The van der Waals surface area contributed by atoms with Gasteiger partial charge in [-0.2, -0.15) is 13.2 Å². The number of rotatable bonds is 1. The second-order valence-corrected chi connectivity index (χ2v) is 7.33. The first kappa shape index (κ1) is 15.9. The van der Waals surface area contributed by atoms with Crippen molar-refractivity contribution < 1.29 is 17.6 Å². The highest BCUT2D eigenvalue weighted by Gasteiger charge is 2.38. The molecule has 1 aliphatic carbocycles. The predicted molar refractivity (Wildman–Crippen MR) is 87.6 cm³/mol. The highest BCUT2D eigenvalue weighted by Crippen LogP contribution is 2.50. The summed E-state index contributed by atoms with van der Waals surface area (Å²) in [6, 6.07) is 3.39. The number of thioether (sulfide) groups is 1. The fraction of sp³-hybridized carbons (Fsp3) is 0.389. The SMILES string of the molecule is Fc1ccc(C2C3=CCCCC3=NC3=C2SCC3)cc1C(F)(F)F. The van der Waals surface area contributed by atoms with E-state index in [1.54, 1.807) is 11.8 Å². The third-order valence-electron chi connectivity index (χ3n) is 4.67. The summed E-state index contributed by atoms with van der Waals surface area (Å²) in [4.78, 5) is 5.78. The number of allylic oxidation sites excluding steroid dienone is 4. The van der Waals surface area contributed by atoms with Crippen LogP contribution in [0.25, 0.3) is 0 Å². The first-order chi connectivity index (χ1) is 11.4. The maximum atomic E-state index is 13.7. The van der Waals surface area contributed by atoms with Gasteiger partial charge in [0.05, 0.1) is 11.3 Å². The van der Waals surface area contributed by atoms with Crippen LogP contribution in [0.2, 0.25) is 0 Å². The van der Waals surface area contributed by atoms with Gasteiger partial charge in [0.15, 0.2) is 0 Å². The molecule has 0 bridgehead atoms. The van der Waals surface area contributed by atoms with Gasteiger partial charge >= 0.3 is 6.18 Å². The minimum atomic E-state index is -4.69. The van der Waals surface area contributed by atoms with Crippen molar-refractivity contribution in [1.29, 1.82) is 0 Å². The van der Waals surface area contributed by atoms with Crippen LogP contribution < -0.4 is 0 Å². The van der Waals surface area contributed by atoms with Gasteiger partial charge < -0.3 is 0 Å². The summed E-state index contributed by atoms with van der Waals surface area (Å²) in [5.74, 6) is -0.553. The molecule has 1 atom stereocenters. The largest absolute Gasteiger partial charge is 0.419 e. The molecule has 0 fully saturated rings. The molecule has 0 saturated carbocycles. The van der Waals surface area contributed by atoms with Gasteiger partial charge in [0, 0.05) is 22.3 Å². The topological polar surface area (TPSA) is 12.4 Å². The highest BCUT2D eigenvalue weighted by atomic mass is 32.2. The van der Waals surface area contributed by atoms with E-state index in [0.29, 0.717) is 5.56 Å². The number of benzene rings is 1. The summed E-state index contributed by atoms with van der Waals surface area (Å²) in [5, 5.41) is 0. The fourth-order valence-corrected chi connectivity index (χ4v) is 4.85. The van der Waals surface area contributed by atoms with Crippen LogP contribution in [-0.4, -0.2) is 11.5 Å². The van der Waals surface area contributed by atoms with Gasteiger partial charge in [-0.05, 0) is 49.0 Å². The van der Waals surface area contributed by atoms with Gasteiger partial charge in [-0.1, -0.05) is 12.1 Å². The third kappa shape index (κ3) is 2.61.